The van der Waals surface area contributed by atoms with Gasteiger partial charge in [0.05, 0.1) is 16.8 Å². The van der Waals surface area contributed by atoms with Gasteiger partial charge >= 0.3 is 11.9 Å². The minimum atomic E-state index is -1.04. The molecule has 2 heterocycles. The molecular weight excluding hydrogens is 242 g/mol. The van der Waals surface area contributed by atoms with Gasteiger partial charge in [-0.1, -0.05) is 0 Å². The molecule has 17 heavy (non-hydrogen) atoms. The summed E-state index contributed by atoms with van der Waals surface area (Å²) in [6.45, 7) is 1.93. The molecule has 0 saturated carbocycles. The number of carbonyl (C=O) groups is 2. The predicted octanol–water partition coefficient (Wildman–Crippen LogP) is 1.96. The Morgan fingerprint density at radius 1 is 1.53 bits per heavy atom. The van der Waals surface area contributed by atoms with Crippen molar-refractivity contribution in [2.75, 3.05) is 6.61 Å². The van der Waals surface area contributed by atoms with Crippen LogP contribution >= 0.6 is 11.3 Å². The fourth-order valence-electron chi connectivity index (χ4n) is 1.66. The lowest BCUT2D eigenvalue weighted by atomic mass is 10.4. The third kappa shape index (κ3) is 2.16. The quantitative estimate of drug-likeness (QED) is 0.846. The standard InChI is InChI=1S/C11H11NO4S/c1-2-16-10(13)6-12-7-3-4-17-9(7)5-8(12)11(14)15/h3-5H,2,6H2,1H3,(H,14,15). The van der Waals surface area contributed by atoms with Gasteiger partial charge in [-0.25, -0.2) is 4.79 Å². The van der Waals surface area contributed by atoms with Gasteiger partial charge in [0.25, 0.3) is 0 Å². The van der Waals surface area contributed by atoms with E-state index in [4.69, 9.17) is 9.84 Å². The Labute approximate surface area is 101 Å². The van der Waals surface area contributed by atoms with Gasteiger partial charge in [0.15, 0.2) is 0 Å². The van der Waals surface area contributed by atoms with Crippen molar-refractivity contribution in [2.24, 2.45) is 0 Å². The van der Waals surface area contributed by atoms with Crippen LogP contribution in [-0.2, 0) is 16.1 Å². The maximum absolute atomic E-state index is 11.4. The lowest BCUT2D eigenvalue weighted by molar-refractivity contribution is -0.143. The molecule has 2 rings (SSSR count). The number of esters is 1. The Bertz CT molecular complexity index is 569. The predicted molar refractivity (Wildman–Crippen MR) is 63.4 cm³/mol. The van der Waals surface area contributed by atoms with Crippen molar-refractivity contribution in [1.82, 2.24) is 4.57 Å². The summed E-state index contributed by atoms with van der Waals surface area (Å²) in [5.74, 6) is -1.48. The zero-order chi connectivity index (χ0) is 12.4. The van der Waals surface area contributed by atoms with E-state index in [2.05, 4.69) is 0 Å². The highest BCUT2D eigenvalue weighted by Gasteiger charge is 2.17. The van der Waals surface area contributed by atoms with Crippen molar-refractivity contribution in [3.05, 3.63) is 23.2 Å². The molecule has 6 heteroatoms. The second-order valence-electron chi connectivity index (χ2n) is 3.40. The molecular formula is C11H11NO4S. The second-order valence-corrected chi connectivity index (χ2v) is 4.34. The monoisotopic (exact) mass is 253 g/mol. The third-order valence-electron chi connectivity index (χ3n) is 2.33. The van der Waals surface area contributed by atoms with Gasteiger partial charge in [0, 0.05) is 0 Å². The molecule has 0 aliphatic rings. The fraction of sp³-hybridized carbons (Fsp3) is 0.273. The molecule has 1 N–H and O–H groups in total. The van der Waals surface area contributed by atoms with Crippen LogP contribution in [0.4, 0.5) is 0 Å². The first-order chi connectivity index (χ1) is 8.13. The smallest absolute Gasteiger partial charge is 0.352 e. The van der Waals surface area contributed by atoms with E-state index in [1.165, 1.54) is 15.9 Å². The molecule has 90 valence electrons. The number of carbonyl (C=O) groups excluding carboxylic acids is 1. The molecule has 0 aliphatic heterocycles. The number of carboxylic acid groups (broad SMARTS) is 1. The van der Waals surface area contributed by atoms with Crippen molar-refractivity contribution >= 4 is 33.5 Å². The molecule has 0 unspecified atom stereocenters. The van der Waals surface area contributed by atoms with E-state index in [0.29, 0.717) is 0 Å². The minimum Gasteiger partial charge on any atom is -0.477 e. The van der Waals surface area contributed by atoms with Crippen molar-refractivity contribution in [2.45, 2.75) is 13.5 Å². The highest BCUT2D eigenvalue weighted by molar-refractivity contribution is 7.17. The summed E-state index contributed by atoms with van der Waals surface area (Å²) in [4.78, 5) is 22.5. The first-order valence-electron chi connectivity index (χ1n) is 5.09. The Balaban J connectivity index is 2.41. The van der Waals surface area contributed by atoms with Crippen LogP contribution in [-0.4, -0.2) is 28.2 Å². The van der Waals surface area contributed by atoms with Gasteiger partial charge in [0.2, 0.25) is 0 Å². The van der Waals surface area contributed by atoms with E-state index >= 15 is 0 Å². The topological polar surface area (TPSA) is 68.5 Å². The van der Waals surface area contributed by atoms with E-state index in [1.54, 1.807) is 19.1 Å². The Morgan fingerprint density at radius 2 is 2.29 bits per heavy atom. The SMILES string of the molecule is CCOC(=O)Cn1c(C(=O)O)cc2sccc21. The number of aromatic carboxylic acids is 1. The van der Waals surface area contributed by atoms with E-state index in [9.17, 15) is 9.59 Å². The van der Waals surface area contributed by atoms with E-state index in [0.717, 1.165) is 10.2 Å². The number of ether oxygens (including phenoxy) is 1. The average molecular weight is 253 g/mol. The summed E-state index contributed by atoms with van der Waals surface area (Å²) in [5, 5.41) is 10.9. The van der Waals surface area contributed by atoms with E-state index < -0.39 is 11.9 Å². The van der Waals surface area contributed by atoms with Gasteiger partial charge in [0.1, 0.15) is 12.2 Å². The fourth-order valence-corrected chi connectivity index (χ4v) is 2.48. The number of fused-ring (bicyclic) bond motifs is 1. The first-order valence-corrected chi connectivity index (χ1v) is 5.97. The summed E-state index contributed by atoms with van der Waals surface area (Å²) >= 11 is 1.44. The van der Waals surface area contributed by atoms with Gasteiger partial charge in [-0.15, -0.1) is 11.3 Å². The molecule has 0 radical (unpaired) electrons. The average Bonchev–Trinajstić information content (AvgIpc) is 2.80. The number of thiophene rings is 1. The maximum atomic E-state index is 11.4. The Kier molecular flexibility index (Phi) is 3.14. The maximum Gasteiger partial charge on any atom is 0.352 e. The normalized spacial score (nSPS) is 10.6. The molecule has 0 spiro atoms. The van der Waals surface area contributed by atoms with Crippen LogP contribution in [0.5, 0.6) is 0 Å². The molecule has 5 nitrogen and oxygen atoms in total. The van der Waals surface area contributed by atoms with Crippen LogP contribution < -0.4 is 0 Å². The minimum absolute atomic E-state index is 0.0737. The zero-order valence-electron chi connectivity index (χ0n) is 9.17. The Hall–Kier alpha value is -1.82. The van der Waals surface area contributed by atoms with Crippen LogP contribution in [0.15, 0.2) is 17.5 Å². The summed E-state index contributed by atoms with van der Waals surface area (Å²) in [6, 6.07) is 3.37. The summed E-state index contributed by atoms with van der Waals surface area (Å²) < 4.78 is 7.14. The summed E-state index contributed by atoms with van der Waals surface area (Å²) in [7, 11) is 0. The van der Waals surface area contributed by atoms with Gasteiger partial charge in [-0.3, -0.25) is 4.79 Å². The second kappa shape index (κ2) is 4.58. The van der Waals surface area contributed by atoms with Gasteiger partial charge < -0.3 is 14.4 Å². The third-order valence-corrected chi connectivity index (χ3v) is 3.19. The van der Waals surface area contributed by atoms with Crippen LogP contribution in [0, 0.1) is 0 Å². The molecule has 0 saturated heterocycles. The van der Waals surface area contributed by atoms with Crippen LogP contribution in [0.2, 0.25) is 0 Å². The number of carboxylic acids is 1. The molecule has 2 aromatic heterocycles. The Morgan fingerprint density at radius 3 is 2.94 bits per heavy atom. The van der Waals surface area contributed by atoms with Crippen molar-refractivity contribution in [1.29, 1.82) is 0 Å². The molecule has 0 bridgehead atoms. The lowest BCUT2D eigenvalue weighted by Crippen LogP contribution is -2.17. The highest BCUT2D eigenvalue weighted by Crippen LogP contribution is 2.25. The van der Waals surface area contributed by atoms with Crippen LogP contribution in [0.1, 0.15) is 17.4 Å². The molecule has 0 fully saturated rings. The van der Waals surface area contributed by atoms with E-state index in [-0.39, 0.29) is 18.8 Å². The van der Waals surface area contributed by atoms with Crippen molar-refractivity contribution in [3.8, 4) is 0 Å². The zero-order valence-corrected chi connectivity index (χ0v) is 9.99. The van der Waals surface area contributed by atoms with E-state index in [1.807, 2.05) is 5.38 Å². The first kappa shape index (κ1) is 11.7. The van der Waals surface area contributed by atoms with Crippen molar-refractivity contribution < 1.29 is 19.4 Å². The number of rotatable bonds is 4. The van der Waals surface area contributed by atoms with Crippen LogP contribution in [0.3, 0.4) is 0 Å². The number of hydrogen-bond acceptors (Lipinski definition) is 4. The number of aromatic nitrogens is 1. The highest BCUT2D eigenvalue weighted by atomic mass is 32.1. The molecule has 0 aliphatic carbocycles. The molecule has 0 aromatic carbocycles. The number of nitrogens with zero attached hydrogens (tertiary/aromatic N) is 1. The van der Waals surface area contributed by atoms with Gasteiger partial charge in [-0.2, -0.15) is 0 Å². The largest absolute Gasteiger partial charge is 0.477 e. The molecule has 0 atom stereocenters. The lowest BCUT2D eigenvalue weighted by Gasteiger charge is -2.06. The molecule has 2 aromatic rings. The number of hydrogen-bond donors (Lipinski definition) is 1. The van der Waals surface area contributed by atoms with Gasteiger partial charge in [-0.05, 0) is 24.4 Å². The summed E-state index contributed by atoms with van der Waals surface area (Å²) in [6.07, 6.45) is 0. The summed E-state index contributed by atoms with van der Waals surface area (Å²) in [5.41, 5.74) is 0.861. The van der Waals surface area contributed by atoms with Crippen molar-refractivity contribution in [3.63, 3.8) is 0 Å². The van der Waals surface area contributed by atoms with Crippen LogP contribution in [0.25, 0.3) is 10.2 Å². The molecule has 0 amide bonds.